The molecule has 0 aliphatic carbocycles. The first kappa shape index (κ1) is 18.3. The molecule has 7 heteroatoms. The number of hydrogen-bond acceptors (Lipinski definition) is 7. The topological polar surface area (TPSA) is 67.2 Å². The second-order valence-corrected chi connectivity index (χ2v) is 7.24. The molecular formula is C20H27N3O4. The molecule has 0 radical (unpaired) electrons. The maximum atomic E-state index is 11.9. The molecule has 0 amide bonds. The summed E-state index contributed by atoms with van der Waals surface area (Å²) < 4.78 is 15.9. The quantitative estimate of drug-likeness (QED) is 0.800. The van der Waals surface area contributed by atoms with Crippen LogP contribution in [-0.2, 0) is 11.3 Å². The molecular weight excluding hydrogens is 346 g/mol. The zero-order valence-corrected chi connectivity index (χ0v) is 16.0. The predicted octanol–water partition coefficient (Wildman–Crippen LogP) is 1.71. The third-order valence-electron chi connectivity index (χ3n) is 5.65. The summed E-state index contributed by atoms with van der Waals surface area (Å²) in [6.07, 6.45) is 1.21. The Balaban J connectivity index is 1.53. The van der Waals surface area contributed by atoms with E-state index in [0.29, 0.717) is 17.4 Å². The van der Waals surface area contributed by atoms with Gasteiger partial charge in [-0.3, -0.25) is 9.80 Å². The summed E-state index contributed by atoms with van der Waals surface area (Å²) in [5.74, 6) is 0.363. The van der Waals surface area contributed by atoms with E-state index in [1.165, 1.54) is 13.5 Å². The van der Waals surface area contributed by atoms with Gasteiger partial charge in [-0.25, -0.2) is 4.79 Å². The number of benzene rings is 1. The Labute approximate surface area is 159 Å². The summed E-state index contributed by atoms with van der Waals surface area (Å²) in [5, 5.41) is 4.34. The van der Waals surface area contributed by atoms with Gasteiger partial charge in [0.2, 0.25) is 5.76 Å². The van der Waals surface area contributed by atoms with Crippen LogP contribution in [0.15, 0.2) is 22.6 Å². The van der Waals surface area contributed by atoms with Crippen LogP contribution >= 0.6 is 0 Å². The molecule has 0 saturated carbocycles. The molecule has 3 heterocycles. The lowest BCUT2D eigenvalue weighted by molar-refractivity contribution is 0.0567. The van der Waals surface area contributed by atoms with Crippen molar-refractivity contribution in [3.05, 3.63) is 29.5 Å². The number of piperazine rings is 1. The van der Waals surface area contributed by atoms with Gasteiger partial charge in [0, 0.05) is 57.2 Å². The Morgan fingerprint density at radius 1 is 1.26 bits per heavy atom. The second kappa shape index (κ2) is 7.88. The molecule has 0 bridgehead atoms. The maximum Gasteiger partial charge on any atom is 0.373 e. The molecule has 1 aromatic heterocycles. The third-order valence-corrected chi connectivity index (χ3v) is 5.65. The number of rotatable bonds is 5. The SMILES string of the molecule is COC(=O)c1cc2c(CN3CCC(N4CCNCC4)C3)ccc(OC)c2o1. The van der Waals surface area contributed by atoms with Crippen LogP contribution in [-0.4, -0.2) is 75.3 Å². The molecule has 27 heavy (non-hydrogen) atoms. The number of nitrogens with zero attached hydrogens (tertiary/aromatic N) is 2. The van der Waals surface area contributed by atoms with Crippen LogP contribution in [0.5, 0.6) is 5.75 Å². The zero-order chi connectivity index (χ0) is 18.8. The van der Waals surface area contributed by atoms with Crippen molar-refractivity contribution in [2.75, 3.05) is 53.5 Å². The molecule has 2 aliphatic heterocycles. The Hall–Kier alpha value is -2.09. The van der Waals surface area contributed by atoms with E-state index >= 15 is 0 Å². The number of fused-ring (bicyclic) bond motifs is 1. The fourth-order valence-electron chi connectivity index (χ4n) is 4.20. The standard InChI is InChI=1S/C20H27N3O4/c1-25-17-4-3-14(16-11-18(20(24)26-2)27-19(16)17)12-22-8-5-15(13-22)23-9-6-21-7-10-23/h3-4,11,15,21H,5-10,12-13H2,1-2H3. The molecule has 7 nitrogen and oxygen atoms in total. The first-order chi connectivity index (χ1) is 13.2. The highest BCUT2D eigenvalue weighted by atomic mass is 16.5. The lowest BCUT2D eigenvalue weighted by Crippen LogP contribution is -2.49. The highest BCUT2D eigenvalue weighted by Crippen LogP contribution is 2.33. The number of esters is 1. The summed E-state index contributed by atoms with van der Waals surface area (Å²) in [6.45, 7) is 7.44. The summed E-state index contributed by atoms with van der Waals surface area (Å²) in [4.78, 5) is 17.0. The molecule has 1 unspecified atom stereocenters. The van der Waals surface area contributed by atoms with Gasteiger partial charge in [-0.2, -0.15) is 0 Å². The largest absolute Gasteiger partial charge is 0.493 e. The molecule has 2 fully saturated rings. The van der Waals surface area contributed by atoms with E-state index in [-0.39, 0.29) is 5.76 Å². The van der Waals surface area contributed by atoms with Crippen LogP contribution < -0.4 is 10.1 Å². The van der Waals surface area contributed by atoms with Gasteiger partial charge in [-0.15, -0.1) is 0 Å². The molecule has 146 valence electrons. The zero-order valence-electron chi connectivity index (χ0n) is 16.0. The van der Waals surface area contributed by atoms with Crippen molar-refractivity contribution in [3.63, 3.8) is 0 Å². The minimum absolute atomic E-state index is 0.207. The molecule has 1 aromatic carbocycles. The molecule has 1 N–H and O–H groups in total. The molecule has 2 saturated heterocycles. The van der Waals surface area contributed by atoms with E-state index in [1.54, 1.807) is 13.2 Å². The first-order valence-corrected chi connectivity index (χ1v) is 9.54. The van der Waals surface area contributed by atoms with E-state index in [4.69, 9.17) is 13.9 Å². The van der Waals surface area contributed by atoms with Gasteiger partial charge in [0.05, 0.1) is 14.2 Å². The minimum Gasteiger partial charge on any atom is -0.493 e. The van der Waals surface area contributed by atoms with Crippen LogP contribution in [0.2, 0.25) is 0 Å². The van der Waals surface area contributed by atoms with Crippen LogP contribution in [0.1, 0.15) is 22.5 Å². The molecule has 1 atom stereocenters. The van der Waals surface area contributed by atoms with Gasteiger partial charge in [-0.05, 0) is 24.1 Å². The van der Waals surface area contributed by atoms with Crippen LogP contribution in [0.3, 0.4) is 0 Å². The van der Waals surface area contributed by atoms with Gasteiger partial charge in [-0.1, -0.05) is 6.07 Å². The van der Waals surface area contributed by atoms with Crippen molar-refractivity contribution in [1.82, 2.24) is 15.1 Å². The number of ether oxygens (including phenoxy) is 2. The van der Waals surface area contributed by atoms with E-state index < -0.39 is 5.97 Å². The van der Waals surface area contributed by atoms with Crippen LogP contribution in [0.25, 0.3) is 11.0 Å². The fourth-order valence-corrected chi connectivity index (χ4v) is 4.20. The lowest BCUT2D eigenvalue weighted by atomic mass is 10.1. The predicted molar refractivity (Wildman–Crippen MR) is 102 cm³/mol. The molecule has 2 aromatic rings. The van der Waals surface area contributed by atoms with E-state index in [1.807, 2.05) is 6.07 Å². The number of carbonyl (C=O) groups excluding carboxylic acids is 1. The number of carbonyl (C=O) groups is 1. The van der Waals surface area contributed by atoms with Crippen LogP contribution in [0.4, 0.5) is 0 Å². The summed E-state index contributed by atoms with van der Waals surface area (Å²) in [6, 6.07) is 6.38. The number of furan rings is 1. The van der Waals surface area contributed by atoms with Gasteiger partial charge >= 0.3 is 5.97 Å². The van der Waals surface area contributed by atoms with E-state index in [2.05, 4.69) is 21.2 Å². The molecule has 0 spiro atoms. The van der Waals surface area contributed by atoms with Gasteiger partial charge in [0.1, 0.15) is 0 Å². The monoisotopic (exact) mass is 373 g/mol. The molecule has 2 aliphatic rings. The van der Waals surface area contributed by atoms with Crippen molar-refractivity contribution in [3.8, 4) is 5.75 Å². The van der Waals surface area contributed by atoms with Crippen LogP contribution in [0, 0.1) is 0 Å². The van der Waals surface area contributed by atoms with Gasteiger partial charge in [0.25, 0.3) is 0 Å². The van der Waals surface area contributed by atoms with Gasteiger partial charge in [0.15, 0.2) is 11.3 Å². The second-order valence-electron chi connectivity index (χ2n) is 7.24. The van der Waals surface area contributed by atoms with Crippen molar-refractivity contribution in [1.29, 1.82) is 0 Å². The maximum absolute atomic E-state index is 11.9. The Morgan fingerprint density at radius 3 is 2.81 bits per heavy atom. The third kappa shape index (κ3) is 3.67. The normalized spacial score (nSPS) is 21.6. The first-order valence-electron chi connectivity index (χ1n) is 9.54. The van der Waals surface area contributed by atoms with Crippen molar-refractivity contribution < 1.29 is 18.7 Å². The van der Waals surface area contributed by atoms with Crippen molar-refractivity contribution in [2.45, 2.75) is 19.0 Å². The van der Waals surface area contributed by atoms with Gasteiger partial charge < -0.3 is 19.2 Å². The Bertz CT molecular complexity index is 813. The van der Waals surface area contributed by atoms with E-state index in [0.717, 1.165) is 56.8 Å². The minimum atomic E-state index is -0.473. The summed E-state index contributed by atoms with van der Waals surface area (Å²) in [5.41, 5.74) is 1.75. The molecule has 4 rings (SSSR count). The average molecular weight is 373 g/mol. The number of methoxy groups -OCH3 is 2. The lowest BCUT2D eigenvalue weighted by Gasteiger charge is -2.32. The van der Waals surface area contributed by atoms with Crippen molar-refractivity contribution in [2.24, 2.45) is 0 Å². The highest BCUT2D eigenvalue weighted by Gasteiger charge is 2.29. The number of nitrogens with one attached hydrogen (secondary N) is 1. The average Bonchev–Trinajstić information content (AvgIpc) is 3.36. The summed E-state index contributed by atoms with van der Waals surface area (Å²) in [7, 11) is 2.96. The highest BCUT2D eigenvalue weighted by molar-refractivity contribution is 5.95. The Kier molecular flexibility index (Phi) is 5.33. The van der Waals surface area contributed by atoms with Crippen molar-refractivity contribution >= 4 is 16.9 Å². The van der Waals surface area contributed by atoms with E-state index in [9.17, 15) is 4.79 Å². The smallest absolute Gasteiger partial charge is 0.373 e. The number of likely N-dealkylation sites (tertiary alicyclic amines) is 1. The fraction of sp³-hybridized carbons (Fsp3) is 0.550. The Morgan fingerprint density at radius 2 is 2.07 bits per heavy atom. The number of hydrogen-bond donors (Lipinski definition) is 1. The summed E-state index contributed by atoms with van der Waals surface area (Å²) >= 11 is 0.